The predicted molar refractivity (Wildman–Crippen MR) is 63.6 cm³/mol. The molecular weight excluding hydrogens is 256 g/mol. The molecule has 0 aliphatic carbocycles. The van der Waals surface area contributed by atoms with Gasteiger partial charge >= 0.3 is 0 Å². The number of nitrogen functional groups attached to an aromatic ring is 1. The van der Waals surface area contributed by atoms with Gasteiger partial charge in [0, 0.05) is 30.1 Å². The summed E-state index contributed by atoms with van der Waals surface area (Å²) in [6, 6.07) is 4.36. The number of primary amides is 1. The number of hydrogen-bond acceptors (Lipinski definition) is 4. The second-order valence-corrected chi connectivity index (χ2v) is 3.66. The van der Waals surface area contributed by atoms with E-state index in [2.05, 4.69) is 4.98 Å². The van der Waals surface area contributed by atoms with Gasteiger partial charge in [0.15, 0.2) is 17.4 Å². The Bertz CT molecular complexity index is 624. The van der Waals surface area contributed by atoms with Crippen LogP contribution in [0.1, 0.15) is 10.5 Å². The minimum Gasteiger partial charge on any atom is -0.451 e. The number of carbonyl (C=O) groups excluding carboxylic acids is 1. The molecule has 4 N–H and O–H groups in total. The van der Waals surface area contributed by atoms with Crippen molar-refractivity contribution >= 4 is 11.6 Å². The zero-order valence-corrected chi connectivity index (χ0v) is 9.56. The van der Waals surface area contributed by atoms with E-state index in [1.165, 1.54) is 18.3 Å². The van der Waals surface area contributed by atoms with E-state index < -0.39 is 23.3 Å². The van der Waals surface area contributed by atoms with Crippen LogP contribution in [0.4, 0.5) is 14.5 Å². The molecule has 1 aromatic carbocycles. The first-order chi connectivity index (χ1) is 8.97. The molecule has 1 heterocycles. The highest BCUT2D eigenvalue weighted by Crippen LogP contribution is 2.29. The highest BCUT2D eigenvalue weighted by Gasteiger charge is 2.13. The van der Waals surface area contributed by atoms with Crippen molar-refractivity contribution in [2.75, 3.05) is 5.73 Å². The lowest BCUT2D eigenvalue weighted by Gasteiger charge is -2.08. The van der Waals surface area contributed by atoms with Crippen molar-refractivity contribution in [3.63, 3.8) is 0 Å². The maximum absolute atomic E-state index is 13.5. The Morgan fingerprint density at radius 1 is 1.21 bits per heavy atom. The number of anilines is 1. The molecule has 0 bridgehead atoms. The largest absolute Gasteiger partial charge is 0.451 e. The van der Waals surface area contributed by atoms with E-state index in [1.54, 1.807) is 0 Å². The van der Waals surface area contributed by atoms with Gasteiger partial charge in [0.25, 0.3) is 5.91 Å². The highest BCUT2D eigenvalue weighted by molar-refractivity contribution is 5.91. The van der Waals surface area contributed by atoms with Crippen molar-refractivity contribution in [3.8, 4) is 11.5 Å². The third kappa shape index (κ3) is 2.76. The first-order valence-corrected chi connectivity index (χ1v) is 5.15. The van der Waals surface area contributed by atoms with Gasteiger partial charge in [-0.1, -0.05) is 0 Å². The number of aromatic nitrogens is 1. The quantitative estimate of drug-likeness (QED) is 0.828. The molecule has 2 rings (SSSR count). The Morgan fingerprint density at radius 3 is 2.42 bits per heavy atom. The van der Waals surface area contributed by atoms with Gasteiger partial charge in [-0.05, 0) is 6.07 Å². The van der Waals surface area contributed by atoms with Gasteiger partial charge in [0.1, 0.15) is 11.4 Å². The second-order valence-electron chi connectivity index (χ2n) is 3.66. The number of nitrogens with zero attached hydrogens (tertiary/aromatic N) is 1. The summed E-state index contributed by atoms with van der Waals surface area (Å²) in [7, 11) is 0. The number of benzene rings is 1. The fourth-order valence-electron chi connectivity index (χ4n) is 1.40. The number of hydrogen-bond donors (Lipinski definition) is 2. The summed E-state index contributed by atoms with van der Waals surface area (Å²) in [6.07, 6.45) is 1.24. The van der Waals surface area contributed by atoms with Crippen LogP contribution in [-0.4, -0.2) is 10.9 Å². The van der Waals surface area contributed by atoms with E-state index >= 15 is 0 Å². The monoisotopic (exact) mass is 265 g/mol. The van der Waals surface area contributed by atoms with Crippen LogP contribution in [0.2, 0.25) is 0 Å². The summed E-state index contributed by atoms with van der Waals surface area (Å²) in [5, 5.41) is 0. The van der Waals surface area contributed by atoms with Gasteiger partial charge in [-0.3, -0.25) is 9.78 Å². The Morgan fingerprint density at radius 2 is 1.84 bits per heavy atom. The average Bonchev–Trinajstić information content (AvgIpc) is 2.34. The van der Waals surface area contributed by atoms with Gasteiger partial charge in [-0.25, -0.2) is 8.78 Å². The van der Waals surface area contributed by atoms with Crippen molar-refractivity contribution in [1.82, 2.24) is 4.98 Å². The zero-order valence-electron chi connectivity index (χ0n) is 9.56. The van der Waals surface area contributed by atoms with E-state index in [0.717, 1.165) is 12.1 Å². The summed E-state index contributed by atoms with van der Waals surface area (Å²) in [5.41, 5.74) is 10.2. The van der Waals surface area contributed by atoms with Crippen LogP contribution in [0.3, 0.4) is 0 Å². The molecule has 19 heavy (non-hydrogen) atoms. The van der Waals surface area contributed by atoms with E-state index in [1.807, 2.05) is 0 Å². The van der Waals surface area contributed by atoms with Crippen molar-refractivity contribution < 1.29 is 18.3 Å². The molecule has 0 aliphatic heterocycles. The third-order valence-corrected chi connectivity index (χ3v) is 2.22. The minimum absolute atomic E-state index is 0.0337. The third-order valence-electron chi connectivity index (χ3n) is 2.22. The molecule has 0 aliphatic rings. The molecule has 0 unspecified atom stereocenters. The van der Waals surface area contributed by atoms with Gasteiger partial charge in [-0.15, -0.1) is 0 Å². The van der Waals surface area contributed by atoms with Crippen molar-refractivity contribution in [2.24, 2.45) is 5.73 Å². The highest BCUT2D eigenvalue weighted by atomic mass is 19.1. The lowest BCUT2D eigenvalue weighted by Crippen LogP contribution is -2.12. The van der Waals surface area contributed by atoms with Crippen LogP contribution in [0.5, 0.6) is 11.5 Å². The molecule has 0 saturated heterocycles. The fourth-order valence-corrected chi connectivity index (χ4v) is 1.40. The second kappa shape index (κ2) is 4.89. The zero-order chi connectivity index (χ0) is 14.0. The number of ether oxygens (including phenoxy) is 1. The van der Waals surface area contributed by atoms with Crippen molar-refractivity contribution in [1.29, 1.82) is 0 Å². The SMILES string of the molecule is NC(=O)c1cc(Oc2c(F)cc(N)cc2F)ccn1. The normalized spacial score (nSPS) is 10.2. The minimum atomic E-state index is -0.949. The molecule has 5 nitrogen and oxygen atoms in total. The Hall–Kier alpha value is -2.70. The van der Waals surface area contributed by atoms with Crippen LogP contribution in [0.25, 0.3) is 0 Å². The van der Waals surface area contributed by atoms with Crippen molar-refractivity contribution in [2.45, 2.75) is 0 Å². The van der Waals surface area contributed by atoms with Crippen LogP contribution in [-0.2, 0) is 0 Å². The molecule has 1 aromatic heterocycles. The number of halogens is 2. The molecule has 0 radical (unpaired) electrons. The maximum Gasteiger partial charge on any atom is 0.267 e. The standard InChI is InChI=1S/C12H9F2N3O2/c13-8-3-6(15)4-9(14)11(8)19-7-1-2-17-10(5-7)12(16)18/h1-5H,15H2,(H2,16,18). The smallest absolute Gasteiger partial charge is 0.267 e. The topological polar surface area (TPSA) is 91.2 Å². The molecule has 0 atom stereocenters. The molecule has 1 amide bonds. The Kier molecular flexibility index (Phi) is 3.28. The lowest BCUT2D eigenvalue weighted by molar-refractivity contribution is 0.0995. The van der Waals surface area contributed by atoms with Crippen LogP contribution in [0, 0.1) is 11.6 Å². The van der Waals surface area contributed by atoms with E-state index in [9.17, 15) is 13.6 Å². The van der Waals surface area contributed by atoms with Gasteiger partial charge in [-0.2, -0.15) is 0 Å². The number of pyridine rings is 1. The number of carbonyl (C=O) groups is 1. The van der Waals surface area contributed by atoms with E-state index in [4.69, 9.17) is 16.2 Å². The van der Waals surface area contributed by atoms with Crippen LogP contribution >= 0.6 is 0 Å². The summed E-state index contributed by atoms with van der Waals surface area (Å²) >= 11 is 0. The molecule has 0 spiro atoms. The van der Waals surface area contributed by atoms with Gasteiger partial charge in [0.2, 0.25) is 0 Å². The molecule has 0 saturated carbocycles. The predicted octanol–water partition coefficient (Wildman–Crippen LogP) is 1.83. The van der Waals surface area contributed by atoms with Gasteiger partial charge in [0.05, 0.1) is 0 Å². The molecular formula is C12H9F2N3O2. The van der Waals surface area contributed by atoms with E-state index in [-0.39, 0.29) is 17.1 Å². The summed E-state index contributed by atoms with van der Waals surface area (Å²) < 4.78 is 32.0. The number of nitrogens with two attached hydrogens (primary N) is 2. The van der Waals surface area contributed by atoms with Gasteiger partial charge < -0.3 is 16.2 Å². The Balaban J connectivity index is 2.36. The fraction of sp³-hybridized carbons (Fsp3) is 0. The van der Waals surface area contributed by atoms with Crippen molar-refractivity contribution in [3.05, 3.63) is 47.8 Å². The molecule has 0 fully saturated rings. The summed E-state index contributed by atoms with van der Waals surface area (Å²) in [6.45, 7) is 0. The number of rotatable bonds is 3. The number of amides is 1. The molecule has 98 valence electrons. The van der Waals surface area contributed by atoms with Crippen LogP contribution in [0.15, 0.2) is 30.5 Å². The first-order valence-electron chi connectivity index (χ1n) is 5.15. The molecule has 2 aromatic rings. The summed E-state index contributed by atoms with van der Waals surface area (Å²) in [4.78, 5) is 14.6. The van der Waals surface area contributed by atoms with E-state index in [0.29, 0.717) is 0 Å². The van der Waals surface area contributed by atoms with Crippen LogP contribution < -0.4 is 16.2 Å². The first kappa shape index (κ1) is 12.7. The summed E-state index contributed by atoms with van der Waals surface area (Å²) in [5.74, 6) is -3.25. The average molecular weight is 265 g/mol. The maximum atomic E-state index is 13.5. The lowest BCUT2D eigenvalue weighted by atomic mass is 10.2. The molecule has 7 heteroatoms. The Labute approximate surface area is 106 Å².